The van der Waals surface area contributed by atoms with Gasteiger partial charge < -0.3 is 5.11 Å². The molecule has 0 aliphatic carbocycles. The maximum absolute atomic E-state index is 13.9. The molecule has 0 saturated carbocycles. The standard InChI is InChI=1S/C15H16FN5O/c16-13-3-2-11(7-17)6-12(13)9-21-5-1-4-15(22,10-21)14-8-18-20-19-14/h2-3,6,8,22H,1,4-5,9-10H2,(H,18,19,20). The first-order valence-electron chi connectivity index (χ1n) is 7.10. The quantitative estimate of drug-likeness (QED) is 0.892. The lowest BCUT2D eigenvalue weighted by Crippen LogP contribution is -2.46. The summed E-state index contributed by atoms with van der Waals surface area (Å²) in [5.41, 5.74) is 0.321. The number of piperidine rings is 1. The zero-order valence-corrected chi connectivity index (χ0v) is 12.0. The maximum Gasteiger partial charge on any atom is 0.127 e. The van der Waals surface area contributed by atoms with Crippen LogP contribution in [-0.4, -0.2) is 38.5 Å². The second-order valence-electron chi connectivity index (χ2n) is 5.62. The van der Waals surface area contributed by atoms with Crippen LogP contribution < -0.4 is 0 Å². The van der Waals surface area contributed by atoms with Crippen LogP contribution in [0.5, 0.6) is 0 Å². The number of hydrogen-bond acceptors (Lipinski definition) is 5. The fraction of sp³-hybridized carbons (Fsp3) is 0.400. The monoisotopic (exact) mass is 301 g/mol. The number of halogens is 1. The third-order valence-corrected chi connectivity index (χ3v) is 4.01. The summed E-state index contributed by atoms with van der Waals surface area (Å²) in [7, 11) is 0. The minimum Gasteiger partial charge on any atom is -0.382 e. The Kier molecular flexibility index (Phi) is 3.88. The topological polar surface area (TPSA) is 88.8 Å². The molecular formula is C15H16FN5O. The van der Waals surface area contributed by atoms with E-state index in [9.17, 15) is 9.50 Å². The predicted molar refractivity (Wildman–Crippen MR) is 75.9 cm³/mol. The van der Waals surface area contributed by atoms with Crippen molar-refractivity contribution in [3.63, 3.8) is 0 Å². The highest BCUT2D eigenvalue weighted by Gasteiger charge is 2.37. The Balaban J connectivity index is 1.78. The van der Waals surface area contributed by atoms with Gasteiger partial charge in [0, 0.05) is 18.7 Å². The second-order valence-corrected chi connectivity index (χ2v) is 5.62. The lowest BCUT2D eigenvalue weighted by Gasteiger charge is -2.38. The summed E-state index contributed by atoms with van der Waals surface area (Å²) < 4.78 is 13.9. The number of H-pyrrole nitrogens is 1. The number of aliphatic hydroxyl groups is 1. The third-order valence-electron chi connectivity index (χ3n) is 4.01. The molecule has 3 rings (SSSR count). The molecule has 0 radical (unpaired) electrons. The fourth-order valence-corrected chi connectivity index (χ4v) is 2.90. The largest absolute Gasteiger partial charge is 0.382 e. The Morgan fingerprint density at radius 3 is 3.09 bits per heavy atom. The van der Waals surface area contributed by atoms with Gasteiger partial charge in [0.05, 0.1) is 17.8 Å². The number of nitriles is 1. The molecule has 1 atom stereocenters. The molecule has 1 saturated heterocycles. The number of nitrogens with zero attached hydrogens (tertiary/aromatic N) is 4. The molecule has 0 spiro atoms. The van der Waals surface area contributed by atoms with Gasteiger partial charge in [0.2, 0.25) is 0 Å². The molecule has 1 aliphatic rings. The molecule has 1 unspecified atom stereocenters. The molecule has 0 amide bonds. The van der Waals surface area contributed by atoms with E-state index in [1.165, 1.54) is 18.3 Å². The van der Waals surface area contributed by atoms with Crippen molar-refractivity contribution in [1.82, 2.24) is 20.3 Å². The Hall–Kier alpha value is -2.30. The van der Waals surface area contributed by atoms with Gasteiger partial charge in [0.25, 0.3) is 0 Å². The molecule has 0 bridgehead atoms. The molecule has 6 nitrogen and oxygen atoms in total. The maximum atomic E-state index is 13.9. The van der Waals surface area contributed by atoms with Crippen LogP contribution in [0, 0.1) is 17.1 Å². The van der Waals surface area contributed by atoms with Crippen LogP contribution >= 0.6 is 0 Å². The minimum absolute atomic E-state index is 0.338. The zero-order valence-electron chi connectivity index (χ0n) is 12.0. The van der Waals surface area contributed by atoms with E-state index in [1.54, 1.807) is 6.07 Å². The number of rotatable bonds is 3. The van der Waals surface area contributed by atoms with Gasteiger partial charge in [0.15, 0.2) is 0 Å². The third kappa shape index (κ3) is 2.84. The van der Waals surface area contributed by atoms with Crippen LogP contribution in [0.25, 0.3) is 0 Å². The molecule has 2 heterocycles. The molecule has 1 aliphatic heterocycles. The molecule has 114 valence electrons. The van der Waals surface area contributed by atoms with Gasteiger partial charge in [-0.2, -0.15) is 20.7 Å². The highest BCUT2D eigenvalue weighted by Crippen LogP contribution is 2.30. The summed E-state index contributed by atoms with van der Waals surface area (Å²) in [6.07, 6.45) is 2.89. The van der Waals surface area contributed by atoms with E-state index in [0.29, 0.717) is 36.3 Å². The van der Waals surface area contributed by atoms with E-state index in [1.807, 2.05) is 11.0 Å². The predicted octanol–water partition coefficient (Wildman–Crippen LogP) is 1.30. The van der Waals surface area contributed by atoms with E-state index < -0.39 is 5.60 Å². The van der Waals surface area contributed by atoms with Gasteiger partial charge in [-0.25, -0.2) is 4.39 Å². The Bertz CT molecular complexity index is 696. The van der Waals surface area contributed by atoms with Crippen LogP contribution in [0.15, 0.2) is 24.4 Å². The summed E-state index contributed by atoms with van der Waals surface area (Å²) >= 11 is 0. The van der Waals surface area contributed by atoms with Crippen molar-refractivity contribution in [1.29, 1.82) is 5.26 Å². The Labute approximate surface area is 127 Å². The first-order valence-corrected chi connectivity index (χ1v) is 7.10. The van der Waals surface area contributed by atoms with Gasteiger partial charge in [-0.05, 0) is 37.6 Å². The molecule has 1 fully saturated rings. The van der Waals surface area contributed by atoms with Crippen molar-refractivity contribution in [2.24, 2.45) is 0 Å². The SMILES string of the molecule is N#Cc1ccc(F)c(CN2CCCC(O)(c3cn[nH]n3)C2)c1. The lowest BCUT2D eigenvalue weighted by atomic mass is 9.90. The van der Waals surface area contributed by atoms with Crippen molar-refractivity contribution < 1.29 is 9.50 Å². The molecule has 2 aromatic rings. The van der Waals surface area contributed by atoms with Crippen LogP contribution in [0.3, 0.4) is 0 Å². The van der Waals surface area contributed by atoms with E-state index in [-0.39, 0.29) is 5.82 Å². The van der Waals surface area contributed by atoms with Crippen molar-refractivity contribution in [2.45, 2.75) is 25.0 Å². The van der Waals surface area contributed by atoms with Crippen LogP contribution in [-0.2, 0) is 12.1 Å². The first kappa shape index (κ1) is 14.6. The smallest absolute Gasteiger partial charge is 0.127 e. The number of hydrogen-bond donors (Lipinski definition) is 2. The van der Waals surface area contributed by atoms with Crippen molar-refractivity contribution in [2.75, 3.05) is 13.1 Å². The van der Waals surface area contributed by atoms with Gasteiger partial charge >= 0.3 is 0 Å². The molecule has 7 heteroatoms. The minimum atomic E-state index is -1.07. The van der Waals surface area contributed by atoms with E-state index in [4.69, 9.17) is 5.26 Å². The molecule has 1 aromatic heterocycles. The van der Waals surface area contributed by atoms with Gasteiger partial charge in [0.1, 0.15) is 17.1 Å². The molecular weight excluding hydrogens is 285 g/mol. The van der Waals surface area contributed by atoms with Crippen LogP contribution in [0.1, 0.15) is 29.7 Å². The van der Waals surface area contributed by atoms with E-state index >= 15 is 0 Å². The Morgan fingerprint density at radius 1 is 1.50 bits per heavy atom. The molecule has 2 N–H and O–H groups in total. The fourth-order valence-electron chi connectivity index (χ4n) is 2.90. The zero-order chi connectivity index (χ0) is 15.6. The highest BCUT2D eigenvalue weighted by molar-refractivity contribution is 5.33. The van der Waals surface area contributed by atoms with Crippen molar-refractivity contribution in [3.05, 3.63) is 47.0 Å². The number of β-amino-alcohol motifs (C(OH)–C–C–N with tert-alkyl or cyclic N) is 1. The van der Waals surface area contributed by atoms with Crippen molar-refractivity contribution >= 4 is 0 Å². The number of aromatic amines is 1. The normalized spacial score (nSPS) is 22.4. The average Bonchev–Trinajstić information content (AvgIpc) is 3.05. The van der Waals surface area contributed by atoms with Crippen LogP contribution in [0.4, 0.5) is 4.39 Å². The van der Waals surface area contributed by atoms with E-state index in [0.717, 1.165) is 13.0 Å². The van der Waals surface area contributed by atoms with Gasteiger partial charge in [-0.1, -0.05) is 0 Å². The molecule has 22 heavy (non-hydrogen) atoms. The van der Waals surface area contributed by atoms with Gasteiger partial charge in [-0.15, -0.1) is 0 Å². The Morgan fingerprint density at radius 2 is 2.36 bits per heavy atom. The number of aromatic nitrogens is 3. The average molecular weight is 301 g/mol. The molecule has 1 aromatic carbocycles. The lowest BCUT2D eigenvalue weighted by molar-refractivity contribution is -0.0416. The number of benzene rings is 1. The summed E-state index contributed by atoms with van der Waals surface area (Å²) in [6.45, 7) is 1.47. The first-order chi connectivity index (χ1) is 10.6. The summed E-state index contributed by atoms with van der Waals surface area (Å²) in [5, 5.41) is 29.9. The highest BCUT2D eigenvalue weighted by atomic mass is 19.1. The van der Waals surface area contributed by atoms with E-state index in [2.05, 4.69) is 15.4 Å². The second kappa shape index (κ2) is 5.83. The summed E-state index contributed by atoms with van der Waals surface area (Å²) in [4.78, 5) is 1.97. The van der Waals surface area contributed by atoms with Gasteiger partial charge in [-0.3, -0.25) is 4.90 Å². The summed E-state index contributed by atoms with van der Waals surface area (Å²) in [6, 6.07) is 6.33. The number of nitrogens with one attached hydrogen (secondary N) is 1. The summed E-state index contributed by atoms with van der Waals surface area (Å²) in [5.74, 6) is -0.338. The number of likely N-dealkylation sites (tertiary alicyclic amines) is 1. The van der Waals surface area contributed by atoms with Crippen LogP contribution in [0.2, 0.25) is 0 Å². The van der Waals surface area contributed by atoms with Crippen molar-refractivity contribution in [3.8, 4) is 6.07 Å².